The Morgan fingerprint density at radius 2 is 1.71 bits per heavy atom. The summed E-state index contributed by atoms with van der Waals surface area (Å²) in [5.41, 5.74) is 3.35. The molecule has 122 valence electrons. The van der Waals surface area contributed by atoms with Gasteiger partial charge in [0.25, 0.3) is 0 Å². The van der Waals surface area contributed by atoms with Gasteiger partial charge in [0.15, 0.2) is 11.6 Å². The molecule has 1 aliphatic rings. The first kappa shape index (κ1) is 14.9. The fraction of sp³-hybridized carbons (Fsp3) is 0.211. The number of nitrogens with one attached hydrogen (secondary N) is 1. The molecule has 0 saturated carbocycles. The van der Waals surface area contributed by atoms with Crippen molar-refractivity contribution in [3.8, 4) is 11.3 Å². The number of imidazole rings is 1. The minimum absolute atomic E-state index is 0.513. The maximum Gasteiger partial charge on any atom is 0.160 e. The fourth-order valence-electron chi connectivity index (χ4n) is 3.02. The minimum atomic E-state index is -0.861. The summed E-state index contributed by atoms with van der Waals surface area (Å²) in [7, 11) is 0. The van der Waals surface area contributed by atoms with E-state index in [1.807, 2.05) is 24.3 Å². The van der Waals surface area contributed by atoms with Crippen molar-refractivity contribution in [2.75, 3.05) is 5.32 Å². The second-order valence-corrected chi connectivity index (χ2v) is 6.02. The van der Waals surface area contributed by atoms with Crippen LogP contribution in [0.2, 0.25) is 0 Å². The van der Waals surface area contributed by atoms with Crippen LogP contribution in [0.4, 0.5) is 20.2 Å². The van der Waals surface area contributed by atoms with Crippen LogP contribution in [0.3, 0.4) is 0 Å². The molecule has 0 radical (unpaired) electrons. The van der Waals surface area contributed by atoms with E-state index in [-0.39, 0.29) is 0 Å². The zero-order valence-corrected chi connectivity index (χ0v) is 13.1. The molecular weight excluding hydrogens is 308 g/mol. The average Bonchev–Trinajstić information content (AvgIpc) is 3.03. The van der Waals surface area contributed by atoms with Gasteiger partial charge in [0, 0.05) is 42.2 Å². The Morgan fingerprint density at radius 1 is 0.917 bits per heavy atom. The van der Waals surface area contributed by atoms with Crippen LogP contribution in [-0.4, -0.2) is 9.55 Å². The number of aromatic nitrogens is 2. The molecule has 0 amide bonds. The van der Waals surface area contributed by atoms with Crippen LogP contribution in [0, 0.1) is 11.6 Å². The van der Waals surface area contributed by atoms with E-state index in [4.69, 9.17) is 4.98 Å². The summed E-state index contributed by atoms with van der Waals surface area (Å²) >= 11 is 0. The molecular formula is C19H17F2N3. The zero-order chi connectivity index (χ0) is 16.5. The third-order valence-electron chi connectivity index (χ3n) is 4.30. The second kappa shape index (κ2) is 6.07. The first-order valence-electron chi connectivity index (χ1n) is 8.07. The quantitative estimate of drug-likeness (QED) is 0.741. The van der Waals surface area contributed by atoms with Crippen molar-refractivity contribution in [3.05, 3.63) is 66.1 Å². The summed E-state index contributed by atoms with van der Waals surface area (Å²) < 4.78 is 28.4. The summed E-state index contributed by atoms with van der Waals surface area (Å²) in [6.07, 6.45) is 5.55. The van der Waals surface area contributed by atoms with Crippen LogP contribution in [0.1, 0.15) is 18.7 Å². The normalized spacial score (nSPS) is 13.6. The van der Waals surface area contributed by atoms with E-state index in [1.165, 1.54) is 18.9 Å². The number of benzene rings is 2. The summed E-state index contributed by atoms with van der Waals surface area (Å²) in [6, 6.07) is 11.6. The molecule has 24 heavy (non-hydrogen) atoms. The Kier molecular flexibility index (Phi) is 3.76. The molecule has 0 fully saturated rings. The van der Waals surface area contributed by atoms with Crippen molar-refractivity contribution in [2.24, 2.45) is 0 Å². The largest absolute Gasteiger partial charge is 0.355 e. The lowest BCUT2D eigenvalue weighted by Crippen LogP contribution is -2.08. The van der Waals surface area contributed by atoms with Crippen molar-refractivity contribution in [1.82, 2.24) is 9.55 Å². The molecule has 3 aromatic rings. The third kappa shape index (κ3) is 2.89. The monoisotopic (exact) mass is 325 g/mol. The first-order valence-corrected chi connectivity index (χ1v) is 8.07. The van der Waals surface area contributed by atoms with Crippen LogP contribution in [0.5, 0.6) is 0 Å². The van der Waals surface area contributed by atoms with Gasteiger partial charge in [0.2, 0.25) is 0 Å². The smallest absolute Gasteiger partial charge is 0.160 e. The number of hydrogen-bond donors (Lipinski definition) is 1. The molecule has 0 spiro atoms. The summed E-state index contributed by atoms with van der Waals surface area (Å²) in [5, 5.41) is 3.07. The van der Waals surface area contributed by atoms with Crippen LogP contribution in [0.25, 0.3) is 11.3 Å². The van der Waals surface area contributed by atoms with Crippen molar-refractivity contribution in [1.29, 1.82) is 0 Å². The second-order valence-electron chi connectivity index (χ2n) is 6.02. The molecule has 2 heterocycles. The molecule has 0 bridgehead atoms. The lowest BCUT2D eigenvalue weighted by atomic mass is 10.1. The molecule has 3 nitrogen and oxygen atoms in total. The van der Waals surface area contributed by atoms with Gasteiger partial charge < -0.3 is 9.88 Å². The molecule has 0 saturated heterocycles. The van der Waals surface area contributed by atoms with Gasteiger partial charge in [0.1, 0.15) is 5.82 Å². The highest BCUT2D eigenvalue weighted by molar-refractivity contribution is 5.66. The number of halogens is 2. The highest BCUT2D eigenvalue weighted by Gasteiger charge is 2.13. The molecule has 5 heteroatoms. The SMILES string of the molecule is Fc1ccc(Nc2ccc(-c3cn4c(n3)CCCC4)cc2)cc1F. The Balaban J connectivity index is 1.54. The molecule has 2 aromatic carbocycles. The van der Waals surface area contributed by atoms with Crippen LogP contribution in [0.15, 0.2) is 48.7 Å². The van der Waals surface area contributed by atoms with Crippen LogP contribution >= 0.6 is 0 Å². The molecule has 1 aliphatic heterocycles. The van der Waals surface area contributed by atoms with Gasteiger partial charge >= 0.3 is 0 Å². The molecule has 0 unspecified atom stereocenters. The highest BCUT2D eigenvalue weighted by atomic mass is 19.2. The number of nitrogens with zero attached hydrogens (tertiary/aromatic N) is 2. The van der Waals surface area contributed by atoms with E-state index in [0.29, 0.717) is 5.69 Å². The van der Waals surface area contributed by atoms with E-state index in [1.54, 1.807) is 0 Å². The lowest BCUT2D eigenvalue weighted by molar-refractivity contribution is 0.509. The van der Waals surface area contributed by atoms with Gasteiger partial charge in [-0.15, -0.1) is 0 Å². The van der Waals surface area contributed by atoms with Gasteiger partial charge in [0.05, 0.1) is 5.69 Å². The predicted molar refractivity (Wildman–Crippen MR) is 90.2 cm³/mol. The van der Waals surface area contributed by atoms with E-state index >= 15 is 0 Å². The van der Waals surface area contributed by atoms with Gasteiger partial charge in [-0.25, -0.2) is 13.8 Å². The predicted octanol–water partition coefficient (Wildman–Crippen LogP) is 4.91. The van der Waals surface area contributed by atoms with E-state index in [9.17, 15) is 8.78 Å². The van der Waals surface area contributed by atoms with Gasteiger partial charge in [-0.05, 0) is 37.1 Å². The van der Waals surface area contributed by atoms with E-state index in [2.05, 4.69) is 16.1 Å². The van der Waals surface area contributed by atoms with Gasteiger partial charge in [-0.1, -0.05) is 12.1 Å². The number of anilines is 2. The minimum Gasteiger partial charge on any atom is -0.355 e. The Morgan fingerprint density at radius 3 is 2.46 bits per heavy atom. The fourth-order valence-corrected chi connectivity index (χ4v) is 3.02. The number of aryl methyl sites for hydroxylation is 2. The molecule has 1 N–H and O–H groups in total. The average molecular weight is 325 g/mol. The van der Waals surface area contributed by atoms with Crippen molar-refractivity contribution in [3.63, 3.8) is 0 Å². The number of fused-ring (bicyclic) bond motifs is 1. The molecule has 0 atom stereocenters. The van der Waals surface area contributed by atoms with Gasteiger partial charge in [-0.2, -0.15) is 0 Å². The summed E-state index contributed by atoms with van der Waals surface area (Å²) in [6.45, 7) is 1.04. The Labute approximate surface area is 139 Å². The highest BCUT2D eigenvalue weighted by Crippen LogP contribution is 2.25. The van der Waals surface area contributed by atoms with Gasteiger partial charge in [-0.3, -0.25) is 0 Å². The molecule has 1 aromatic heterocycles. The standard InChI is InChI=1S/C19H17F2N3/c20-16-9-8-15(11-17(16)21)22-14-6-4-13(5-7-14)18-12-24-10-2-1-3-19(24)23-18/h4-9,11-12,22H,1-3,10H2. The lowest BCUT2D eigenvalue weighted by Gasteiger charge is -2.11. The van der Waals surface area contributed by atoms with Crippen molar-refractivity contribution >= 4 is 11.4 Å². The summed E-state index contributed by atoms with van der Waals surface area (Å²) in [4.78, 5) is 4.71. The van der Waals surface area contributed by atoms with E-state index in [0.717, 1.165) is 47.9 Å². The topological polar surface area (TPSA) is 29.9 Å². The maximum absolute atomic E-state index is 13.3. The maximum atomic E-state index is 13.3. The third-order valence-corrected chi connectivity index (χ3v) is 4.30. The summed E-state index contributed by atoms with van der Waals surface area (Å²) in [5.74, 6) is -0.555. The zero-order valence-electron chi connectivity index (χ0n) is 13.1. The van der Waals surface area contributed by atoms with Crippen LogP contribution < -0.4 is 5.32 Å². The van der Waals surface area contributed by atoms with Crippen molar-refractivity contribution < 1.29 is 8.78 Å². The molecule has 4 rings (SSSR count). The van der Waals surface area contributed by atoms with E-state index < -0.39 is 11.6 Å². The van der Waals surface area contributed by atoms with Crippen molar-refractivity contribution in [2.45, 2.75) is 25.8 Å². The van der Waals surface area contributed by atoms with Crippen LogP contribution in [-0.2, 0) is 13.0 Å². The number of hydrogen-bond acceptors (Lipinski definition) is 2. The first-order chi connectivity index (χ1) is 11.7. The molecule has 0 aliphatic carbocycles. The number of rotatable bonds is 3. The Bertz CT molecular complexity index is 845. The Hall–Kier alpha value is -2.69.